The maximum Gasteiger partial charge on any atom is 0.410 e. The predicted molar refractivity (Wildman–Crippen MR) is 155 cm³/mol. The minimum atomic E-state index is -0.562. The average Bonchev–Trinajstić information content (AvgIpc) is 2.83. The highest BCUT2D eigenvalue weighted by Gasteiger charge is 2.36. The molecule has 0 aliphatic heterocycles. The largest absolute Gasteiger partial charge is 0.445 e. The van der Waals surface area contributed by atoms with Crippen LogP contribution in [-0.2, 0) is 30.5 Å². The highest BCUT2D eigenvalue weighted by Crippen LogP contribution is 2.34. The topological polar surface area (TPSA) is 122 Å². The maximum absolute atomic E-state index is 12.4. The molecule has 1 aliphatic carbocycles. The van der Waals surface area contributed by atoms with E-state index in [0.717, 1.165) is 18.4 Å². The summed E-state index contributed by atoms with van der Waals surface area (Å²) < 4.78 is 5.35. The Morgan fingerprint density at radius 3 is 2.12 bits per heavy atom. The average molecular weight is 556 g/mol. The third-order valence-electron chi connectivity index (χ3n) is 7.03. The van der Waals surface area contributed by atoms with E-state index in [9.17, 15) is 24.0 Å². The van der Waals surface area contributed by atoms with Crippen LogP contribution in [-0.4, -0.2) is 53.9 Å². The summed E-state index contributed by atoms with van der Waals surface area (Å²) in [5.41, 5.74) is 2.10. The van der Waals surface area contributed by atoms with E-state index in [-0.39, 0.29) is 41.2 Å². The Morgan fingerprint density at radius 1 is 0.975 bits per heavy atom. The predicted octanol–water partition coefficient (Wildman–Crippen LogP) is 5.19. The van der Waals surface area contributed by atoms with E-state index in [1.807, 2.05) is 27.7 Å². The highest BCUT2D eigenvalue weighted by molar-refractivity contribution is 6.22. The molecular weight excluding hydrogens is 510 g/mol. The van der Waals surface area contributed by atoms with Crippen LogP contribution in [0.15, 0.2) is 35.5 Å². The Labute approximate surface area is 238 Å². The summed E-state index contributed by atoms with van der Waals surface area (Å²) in [5, 5.41) is 6.07. The Balaban J connectivity index is 1.69. The molecule has 40 heavy (non-hydrogen) atoms. The second-order valence-corrected chi connectivity index (χ2v) is 11.8. The summed E-state index contributed by atoms with van der Waals surface area (Å²) in [5.74, 6) is -0.372. The molecule has 0 unspecified atom stereocenters. The number of hydrogen-bond acceptors (Lipinski definition) is 7. The zero-order chi connectivity index (χ0) is 30.0. The van der Waals surface area contributed by atoms with Gasteiger partial charge in [-0.3, -0.25) is 19.2 Å². The van der Waals surface area contributed by atoms with Crippen molar-refractivity contribution >= 4 is 35.0 Å². The van der Waals surface area contributed by atoms with E-state index in [1.54, 1.807) is 38.2 Å². The molecule has 1 aromatic rings. The van der Waals surface area contributed by atoms with Crippen molar-refractivity contribution in [3.63, 3.8) is 0 Å². The van der Waals surface area contributed by atoms with Gasteiger partial charge in [0.05, 0.1) is 11.6 Å². The molecule has 0 saturated heterocycles. The number of unbranched alkanes of at least 4 members (excludes halogenated alkanes) is 2. The summed E-state index contributed by atoms with van der Waals surface area (Å²) in [7, 11) is 1.56. The number of anilines is 1. The first-order chi connectivity index (χ1) is 18.7. The zero-order valence-electron chi connectivity index (χ0n) is 25.0. The van der Waals surface area contributed by atoms with Crippen LogP contribution in [0.1, 0.15) is 85.6 Å². The molecule has 1 fully saturated rings. The van der Waals surface area contributed by atoms with Gasteiger partial charge in [0.25, 0.3) is 0 Å². The quantitative estimate of drug-likeness (QED) is 0.195. The third-order valence-corrected chi connectivity index (χ3v) is 7.03. The van der Waals surface area contributed by atoms with Gasteiger partial charge < -0.3 is 20.3 Å². The minimum absolute atomic E-state index is 0.0189. The van der Waals surface area contributed by atoms with Crippen molar-refractivity contribution in [1.29, 1.82) is 0 Å². The van der Waals surface area contributed by atoms with Gasteiger partial charge in [-0.25, -0.2) is 4.79 Å². The van der Waals surface area contributed by atoms with Crippen molar-refractivity contribution < 1.29 is 28.7 Å². The number of ketones is 3. The monoisotopic (exact) mass is 555 g/mol. The van der Waals surface area contributed by atoms with Crippen LogP contribution in [0.4, 0.5) is 10.5 Å². The summed E-state index contributed by atoms with van der Waals surface area (Å²) >= 11 is 0. The van der Waals surface area contributed by atoms with E-state index >= 15 is 0 Å². The molecule has 9 nitrogen and oxygen atoms in total. The Kier molecular flexibility index (Phi) is 12.1. The summed E-state index contributed by atoms with van der Waals surface area (Å²) in [4.78, 5) is 62.6. The van der Waals surface area contributed by atoms with Crippen LogP contribution >= 0.6 is 0 Å². The maximum atomic E-state index is 12.4. The first-order valence-corrected chi connectivity index (χ1v) is 14.0. The number of carbonyl (C=O) groups excluding carboxylic acids is 5. The van der Waals surface area contributed by atoms with Crippen LogP contribution in [0.25, 0.3) is 0 Å². The van der Waals surface area contributed by atoms with Crippen molar-refractivity contribution in [1.82, 2.24) is 10.2 Å². The lowest BCUT2D eigenvalue weighted by molar-refractivity contribution is -0.127. The van der Waals surface area contributed by atoms with Gasteiger partial charge in [0.2, 0.25) is 5.91 Å². The molecule has 2 N–H and O–H groups in total. The van der Waals surface area contributed by atoms with Crippen LogP contribution in [0.2, 0.25) is 0 Å². The molecule has 2 rings (SSSR count). The molecule has 1 aliphatic rings. The Bertz CT molecular complexity index is 1100. The van der Waals surface area contributed by atoms with Crippen molar-refractivity contribution in [2.45, 2.75) is 92.7 Å². The lowest BCUT2D eigenvalue weighted by Gasteiger charge is -2.29. The van der Waals surface area contributed by atoms with E-state index in [4.69, 9.17) is 4.74 Å². The number of benzene rings is 1. The number of hydrogen-bond donors (Lipinski definition) is 2. The number of nitrogens with zero attached hydrogens (tertiary/aromatic N) is 1. The SMILES string of the molecule is CC(=O)[C@@H](C(C)C)N(C)C(=O)OCc1ccc(NC(=O)CCCCCNC(C)=C2C(=O)CC(C)(C)CC2=O)cc1. The van der Waals surface area contributed by atoms with Gasteiger partial charge in [-0.15, -0.1) is 0 Å². The summed E-state index contributed by atoms with van der Waals surface area (Å²) in [6, 6.07) is 6.53. The van der Waals surface area contributed by atoms with Gasteiger partial charge in [0.1, 0.15) is 6.61 Å². The van der Waals surface area contributed by atoms with E-state index in [1.165, 1.54) is 11.8 Å². The number of rotatable bonds is 13. The standard InChI is InChI=1S/C31H45N3O6/c1-20(2)29(22(4)35)34(7)30(39)40-19-23-12-14-24(15-13-23)33-27(38)11-9-8-10-16-32-21(3)28-25(36)17-31(5,6)18-26(28)37/h12-15,20,29,32H,8-11,16-19H2,1-7H3,(H,33,38)/t29-/m1/s1. The first-order valence-electron chi connectivity index (χ1n) is 14.0. The third kappa shape index (κ3) is 9.92. The fourth-order valence-corrected chi connectivity index (χ4v) is 5.09. The lowest BCUT2D eigenvalue weighted by atomic mass is 9.73. The number of amides is 2. The number of Topliss-reactive ketones (excluding diaryl/α,β-unsaturated/α-hetero) is 3. The molecule has 1 atom stereocenters. The molecule has 0 aromatic heterocycles. The smallest absolute Gasteiger partial charge is 0.410 e. The Morgan fingerprint density at radius 2 is 1.57 bits per heavy atom. The van der Waals surface area contributed by atoms with E-state index in [2.05, 4.69) is 10.6 Å². The van der Waals surface area contributed by atoms with Crippen molar-refractivity contribution in [2.24, 2.45) is 11.3 Å². The lowest BCUT2D eigenvalue weighted by Crippen LogP contribution is -2.45. The first kappa shape index (κ1) is 32.7. The van der Waals surface area contributed by atoms with Gasteiger partial charge in [-0.1, -0.05) is 46.2 Å². The summed E-state index contributed by atoms with van der Waals surface area (Å²) in [6.07, 6.45) is 2.96. The van der Waals surface area contributed by atoms with Crippen LogP contribution in [0.5, 0.6) is 0 Å². The molecule has 0 radical (unpaired) electrons. The second kappa shape index (κ2) is 14.8. The van der Waals surface area contributed by atoms with Crippen molar-refractivity contribution in [2.75, 3.05) is 18.9 Å². The van der Waals surface area contributed by atoms with Gasteiger partial charge in [-0.05, 0) is 55.7 Å². The van der Waals surface area contributed by atoms with Crippen molar-refractivity contribution in [3.8, 4) is 0 Å². The van der Waals surface area contributed by atoms with Gasteiger partial charge >= 0.3 is 6.09 Å². The number of likely N-dealkylation sites (N-methyl/N-ethyl adjacent to an activating group) is 1. The highest BCUT2D eigenvalue weighted by atomic mass is 16.6. The molecule has 1 aromatic carbocycles. The second-order valence-electron chi connectivity index (χ2n) is 11.8. The fraction of sp³-hybridized carbons (Fsp3) is 0.581. The molecular formula is C31H45N3O6. The summed E-state index contributed by atoms with van der Waals surface area (Å²) in [6.45, 7) is 11.6. The molecule has 1 saturated carbocycles. The molecule has 9 heteroatoms. The van der Waals surface area contributed by atoms with Gasteiger partial charge in [0.15, 0.2) is 17.3 Å². The number of ether oxygens (including phenoxy) is 1. The van der Waals surface area contributed by atoms with Crippen LogP contribution < -0.4 is 10.6 Å². The van der Waals surface area contributed by atoms with E-state index in [0.29, 0.717) is 49.2 Å². The normalized spacial score (nSPS) is 15.4. The van der Waals surface area contributed by atoms with Crippen molar-refractivity contribution in [3.05, 3.63) is 41.1 Å². The van der Waals surface area contributed by atoms with E-state index < -0.39 is 12.1 Å². The fourth-order valence-electron chi connectivity index (χ4n) is 5.09. The molecule has 0 bridgehead atoms. The molecule has 0 heterocycles. The minimum Gasteiger partial charge on any atom is -0.445 e. The van der Waals surface area contributed by atoms with Gasteiger partial charge in [-0.2, -0.15) is 0 Å². The zero-order valence-corrected chi connectivity index (χ0v) is 25.0. The molecule has 0 spiro atoms. The Hall–Kier alpha value is -3.49. The number of nitrogens with one attached hydrogen (secondary N) is 2. The van der Waals surface area contributed by atoms with Gasteiger partial charge in [0, 0.05) is 44.2 Å². The number of allylic oxidation sites excluding steroid dienone is 2. The van der Waals surface area contributed by atoms with Crippen LogP contribution in [0, 0.1) is 11.3 Å². The number of carbonyl (C=O) groups is 5. The molecule has 220 valence electrons. The van der Waals surface area contributed by atoms with Crippen LogP contribution in [0.3, 0.4) is 0 Å². The molecule has 2 amide bonds.